The molecule has 360 valence electrons. The summed E-state index contributed by atoms with van der Waals surface area (Å²) in [7, 11) is 3.52. The highest BCUT2D eigenvalue weighted by atomic mass is 32.1. The minimum atomic E-state index is -1.58. The maximum Gasteiger partial charge on any atom is 0.259 e. The van der Waals surface area contributed by atoms with Crippen LogP contribution in [0.2, 0.25) is 0 Å². The summed E-state index contributed by atoms with van der Waals surface area (Å²) in [5, 5.41) is 7.77. The van der Waals surface area contributed by atoms with Gasteiger partial charge in [-0.3, -0.25) is 0 Å². The van der Waals surface area contributed by atoms with E-state index in [1.807, 2.05) is 30.3 Å². The molecule has 3 aromatic carbocycles. The molecule has 0 bridgehead atoms. The third-order valence-corrected chi connectivity index (χ3v) is 14.8. The van der Waals surface area contributed by atoms with Gasteiger partial charge >= 0.3 is 0 Å². The van der Waals surface area contributed by atoms with Gasteiger partial charge in [0.05, 0.1) is 33.0 Å². The quantitative estimate of drug-likeness (QED) is 0.0207. The molecule has 5 atom stereocenters. The second-order valence-electron chi connectivity index (χ2n) is 17.9. The number of methoxy groups -OCH3 is 3. The SMILES string of the molecule is [C-]#[N+]CCOP(OC1[C@@H](COC(c2ccccc2)(c2ccc(OC)cc2)c2ccc(OC)cc2)C[C@H](NC(=S)NCCCCCCCCCCCCCCC)[C@H]1OC)N(C(C)C)C(C)C. The molecule has 0 aromatic heterocycles. The lowest BCUT2D eigenvalue weighted by molar-refractivity contribution is -0.0525. The summed E-state index contributed by atoms with van der Waals surface area (Å²) < 4.78 is 41.1. The molecule has 1 saturated carbocycles. The summed E-state index contributed by atoms with van der Waals surface area (Å²) in [5.74, 6) is 1.38. The van der Waals surface area contributed by atoms with E-state index in [0.29, 0.717) is 18.1 Å². The minimum absolute atomic E-state index is 0.137. The van der Waals surface area contributed by atoms with E-state index in [0.717, 1.165) is 41.2 Å². The van der Waals surface area contributed by atoms with Crippen molar-refractivity contribution in [2.75, 3.05) is 47.6 Å². The zero-order valence-corrected chi connectivity index (χ0v) is 42.6. The molecule has 0 amide bonds. The first kappa shape index (κ1) is 54.3. The number of unbranched alkanes of at least 4 members (excludes halogenated alkanes) is 12. The summed E-state index contributed by atoms with van der Waals surface area (Å²) >= 11 is 5.96. The first-order valence-electron chi connectivity index (χ1n) is 24.4. The molecule has 65 heavy (non-hydrogen) atoms. The van der Waals surface area contributed by atoms with Gasteiger partial charge in [0, 0.05) is 31.7 Å². The van der Waals surface area contributed by atoms with Crippen molar-refractivity contribution in [3.8, 4) is 11.5 Å². The maximum absolute atomic E-state index is 7.51. The molecule has 4 rings (SSSR count). The van der Waals surface area contributed by atoms with E-state index in [9.17, 15) is 0 Å². The van der Waals surface area contributed by atoms with Crippen molar-refractivity contribution in [2.45, 2.75) is 160 Å². The van der Waals surface area contributed by atoms with Crippen molar-refractivity contribution in [1.82, 2.24) is 15.3 Å². The molecule has 0 radical (unpaired) electrons. The van der Waals surface area contributed by atoms with E-state index in [4.69, 9.17) is 46.8 Å². The van der Waals surface area contributed by atoms with E-state index >= 15 is 0 Å². The van der Waals surface area contributed by atoms with Crippen LogP contribution in [-0.4, -0.2) is 87.7 Å². The molecule has 0 heterocycles. The lowest BCUT2D eigenvalue weighted by atomic mass is 9.79. The van der Waals surface area contributed by atoms with Crippen LogP contribution in [0.3, 0.4) is 0 Å². The number of nitrogens with zero attached hydrogens (tertiary/aromatic N) is 2. The molecule has 1 fully saturated rings. The van der Waals surface area contributed by atoms with Gasteiger partial charge in [0.25, 0.3) is 8.53 Å². The molecule has 1 aliphatic rings. The zero-order valence-electron chi connectivity index (χ0n) is 40.9. The molecule has 12 heteroatoms. The Morgan fingerprint density at radius 1 is 0.738 bits per heavy atom. The Bertz CT molecular complexity index is 1720. The molecule has 1 aliphatic carbocycles. The first-order chi connectivity index (χ1) is 31.6. The standard InChI is InChI=1S/C53H81N4O6PS/c1-10-11-12-13-14-15-16-17-18-19-20-21-25-36-55-52(65)56-49-39-43(50(51(49)60-9)63-64(62-38-37-54-6)57(41(2)3)42(4)5)40-61-53(44-26-23-22-24-27-44,45-28-32-47(58-7)33-29-45)46-30-34-48(59-8)35-31-46/h22-24,26-35,41-43,49-51H,10-21,25,36-40H2,1-5,7-9H3,(H2,55,56,65)/t43-,49+,50?,51-,64?/m1/s1. The number of hydrogen-bond acceptors (Lipinski definition) is 8. The van der Waals surface area contributed by atoms with Crippen molar-refractivity contribution in [2.24, 2.45) is 5.92 Å². The van der Waals surface area contributed by atoms with Gasteiger partial charge in [-0.05, 0) is 93.7 Å². The fourth-order valence-corrected chi connectivity index (χ4v) is 11.2. The van der Waals surface area contributed by atoms with Gasteiger partial charge in [-0.25, -0.2) is 11.2 Å². The Morgan fingerprint density at radius 2 is 1.25 bits per heavy atom. The van der Waals surface area contributed by atoms with Gasteiger partial charge < -0.3 is 43.5 Å². The fraction of sp³-hybridized carbons (Fsp3) is 0.623. The van der Waals surface area contributed by atoms with Gasteiger partial charge in [-0.1, -0.05) is 139 Å². The van der Waals surface area contributed by atoms with Crippen LogP contribution in [-0.2, 0) is 24.1 Å². The highest BCUT2D eigenvalue weighted by Gasteiger charge is 2.49. The molecule has 0 aliphatic heterocycles. The predicted octanol–water partition coefficient (Wildman–Crippen LogP) is 12.6. The molecule has 2 N–H and O–H groups in total. The average Bonchev–Trinajstić information content (AvgIpc) is 3.64. The van der Waals surface area contributed by atoms with Crippen molar-refractivity contribution in [1.29, 1.82) is 0 Å². The average molecular weight is 933 g/mol. The Labute approximate surface area is 400 Å². The third kappa shape index (κ3) is 16.7. The zero-order chi connectivity index (χ0) is 46.9. The van der Waals surface area contributed by atoms with Gasteiger partial charge in [-0.15, -0.1) is 0 Å². The molecule has 0 saturated heterocycles. The van der Waals surface area contributed by atoms with E-state index in [1.165, 1.54) is 77.0 Å². The summed E-state index contributed by atoms with van der Waals surface area (Å²) in [6.07, 6.45) is 17.0. The largest absolute Gasteiger partial charge is 0.497 e. The number of hydrogen-bond donors (Lipinski definition) is 2. The van der Waals surface area contributed by atoms with Gasteiger partial charge in [0.2, 0.25) is 6.54 Å². The second kappa shape index (κ2) is 30.1. The van der Waals surface area contributed by atoms with Crippen molar-refractivity contribution in [3.05, 3.63) is 107 Å². The Morgan fingerprint density at radius 3 is 1.72 bits per heavy atom. The Hall–Kier alpha value is -3.33. The molecular weight excluding hydrogens is 852 g/mol. The molecule has 10 nitrogen and oxygen atoms in total. The Balaban J connectivity index is 1.56. The summed E-state index contributed by atoms with van der Waals surface area (Å²) in [6, 6.07) is 26.7. The van der Waals surface area contributed by atoms with Crippen molar-refractivity contribution < 1.29 is 28.0 Å². The lowest BCUT2D eigenvalue weighted by Crippen LogP contribution is -2.48. The van der Waals surface area contributed by atoms with Gasteiger partial charge in [-0.2, -0.15) is 0 Å². The normalized spacial score (nSPS) is 17.9. The van der Waals surface area contributed by atoms with Crippen LogP contribution in [0.5, 0.6) is 11.5 Å². The number of rotatable bonds is 32. The number of nitrogens with one attached hydrogen (secondary N) is 2. The van der Waals surface area contributed by atoms with E-state index in [-0.39, 0.29) is 43.3 Å². The highest BCUT2D eigenvalue weighted by molar-refractivity contribution is 7.80. The monoisotopic (exact) mass is 933 g/mol. The molecule has 0 spiro atoms. The van der Waals surface area contributed by atoms with Crippen LogP contribution in [0.4, 0.5) is 0 Å². The fourth-order valence-electron chi connectivity index (χ4n) is 9.10. The van der Waals surface area contributed by atoms with Crippen LogP contribution >= 0.6 is 20.7 Å². The maximum atomic E-state index is 7.51. The van der Waals surface area contributed by atoms with Crippen molar-refractivity contribution >= 4 is 25.9 Å². The second-order valence-corrected chi connectivity index (χ2v) is 19.7. The number of thiocarbonyl (C=S) groups is 1. The lowest BCUT2D eigenvalue weighted by Gasteiger charge is -2.40. The van der Waals surface area contributed by atoms with Crippen LogP contribution in [0, 0.1) is 12.5 Å². The number of ether oxygens (including phenoxy) is 4. The van der Waals surface area contributed by atoms with Gasteiger partial charge in [0.15, 0.2) is 5.11 Å². The molecule has 3 aromatic rings. The smallest absolute Gasteiger partial charge is 0.259 e. The summed E-state index contributed by atoms with van der Waals surface area (Å²) in [5.41, 5.74) is 1.88. The topological polar surface area (TPSA) is 87.0 Å². The van der Waals surface area contributed by atoms with Crippen LogP contribution in [0.1, 0.15) is 141 Å². The summed E-state index contributed by atoms with van der Waals surface area (Å²) in [4.78, 5) is 3.58. The van der Waals surface area contributed by atoms with Crippen LogP contribution in [0.15, 0.2) is 78.9 Å². The van der Waals surface area contributed by atoms with E-state index in [2.05, 4.69) is 103 Å². The van der Waals surface area contributed by atoms with Crippen molar-refractivity contribution in [3.63, 3.8) is 0 Å². The highest BCUT2D eigenvalue weighted by Crippen LogP contribution is 2.51. The Kier molecular flexibility index (Phi) is 25.2. The van der Waals surface area contributed by atoms with Crippen LogP contribution < -0.4 is 20.1 Å². The molecular formula is C53H81N4O6PS. The number of benzene rings is 3. The predicted molar refractivity (Wildman–Crippen MR) is 272 cm³/mol. The minimum Gasteiger partial charge on any atom is -0.497 e. The molecule has 2 unspecified atom stereocenters. The first-order valence-corrected chi connectivity index (χ1v) is 25.9. The van der Waals surface area contributed by atoms with Gasteiger partial charge in [0.1, 0.15) is 29.8 Å². The van der Waals surface area contributed by atoms with Crippen LogP contribution in [0.25, 0.3) is 4.85 Å². The third-order valence-electron chi connectivity index (χ3n) is 12.4. The summed E-state index contributed by atoms with van der Waals surface area (Å²) in [6.45, 7) is 20.0. The van der Waals surface area contributed by atoms with E-state index < -0.39 is 20.2 Å². The van der Waals surface area contributed by atoms with E-state index in [1.54, 1.807) is 21.3 Å².